The van der Waals surface area contributed by atoms with Crippen molar-refractivity contribution >= 4 is 18.4 Å². The van der Waals surface area contributed by atoms with Gasteiger partial charge >= 0.3 is 5.97 Å². The Hall–Kier alpha value is -0.320. The zero-order valence-corrected chi connectivity index (χ0v) is 7.76. The Morgan fingerprint density at radius 2 is 2.42 bits per heavy atom. The van der Waals surface area contributed by atoms with Gasteiger partial charge < -0.3 is 15.6 Å². The quantitative estimate of drug-likeness (QED) is 0.669. The SMILES string of the molecule is CC1(CN)CCC(C(=O)O)O1.Cl. The van der Waals surface area contributed by atoms with Gasteiger partial charge in [-0.25, -0.2) is 4.79 Å². The van der Waals surface area contributed by atoms with Gasteiger partial charge in [0.25, 0.3) is 0 Å². The van der Waals surface area contributed by atoms with E-state index in [1.54, 1.807) is 0 Å². The van der Waals surface area contributed by atoms with E-state index in [1.165, 1.54) is 0 Å². The van der Waals surface area contributed by atoms with Gasteiger partial charge in [0.15, 0.2) is 6.10 Å². The lowest BCUT2D eigenvalue weighted by Crippen LogP contribution is -2.35. The summed E-state index contributed by atoms with van der Waals surface area (Å²) in [6.07, 6.45) is 0.660. The second-order valence-corrected chi connectivity index (χ2v) is 3.14. The molecule has 2 atom stereocenters. The molecule has 0 radical (unpaired) electrons. The molecular formula is C7H14ClNO3. The van der Waals surface area contributed by atoms with Gasteiger partial charge in [0.2, 0.25) is 0 Å². The molecule has 0 amide bonds. The number of aliphatic carboxylic acids is 1. The van der Waals surface area contributed by atoms with E-state index < -0.39 is 17.7 Å². The van der Waals surface area contributed by atoms with Crippen molar-refractivity contribution in [2.24, 2.45) is 5.73 Å². The monoisotopic (exact) mass is 195 g/mol. The van der Waals surface area contributed by atoms with Crippen molar-refractivity contribution in [3.63, 3.8) is 0 Å². The lowest BCUT2D eigenvalue weighted by Gasteiger charge is -2.21. The molecule has 4 nitrogen and oxygen atoms in total. The van der Waals surface area contributed by atoms with Gasteiger partial charge in [0.1, 0.15) is 0 Å². The first kappa shape index (κ1) is 11.7. The maximum absolute atomic E-state index is 10.4. The van der Waals surface area contributed by atoms with E-state index in [2.05, 4.69) is 0 Å². The summed E-state index contributed by atoms with van der Waals surface area (Å²) in [5, 5.41) is 8.58. The highest BCUT2D eigenvalue weighted by Crippen LogP contribution is 2.28. The third-order valence-corrected chi connectivity index (χ3v) is 2.07. The molecule has 0 spiro atoms. The minimum Gasteiger partial charge on any atom is -0.479 e. The summed E-state index contributed by atoms with van der Waals surface area (Å²) in [6, 6.07) is 0. The molecule has 0 aromatic rings. The van der Waals surface area contributed by atoms with Gasteiger partial charge in [-0.1, -0.05) is 0 Å². The van der Waals surface area contributed by atoms with Gasteiger partial charge in [-0.2, -0.15) is 0 Å². The maximum Gasteiger partial charge on any atom is 0.332 e. The van der Waals surface area contributed by atoms with Crippen LogP contribution in [0.5, 0.6) is 0 Å². The molecule has 0 aliphatic carbocycles. The van der Waals surface area contributed by atoms with Crippen LogP contribution >= 0.6 is 12.4 Å². The number of rotatable bonds is 2. The highest BCUT2D eigenvalue weighted by molar-refractivity contribution is 5.85. The lowest BCUT2D eigenvalue weighted by atomic mass is 10.0. The minimum atomic E-state index is -0.887. The van der Waals surface area contributed by atoms with Crippen LogP contribution in [-0.2, 0) is 9.53 Å². The fourth-order valence-corrected chi connectivity index (χ4v) is 1.22. The van der Waals surface area contributed by atoms with Gasteiger partial charge in [0.05, 0.1) is 5.60 Å². The summed E-state index contributed by atoms with van der Waals surface area (Å²) in [6.45, 7) is 2.23. The molecule has 1 fully saturated rings. The first-order valence-electron chi connectivity index (χ1n) is 3.68. The van der Waals surface area contributed by atoms with Crippen LogP contribution in [0.2, 0.25) is 0 Å². The molecular weight excluding hydrogens is 182 g/mol. The lowest BCUT2D eigenvalue weighted by molar-refractivity contribution is -0.153. The average molecular weight is 196 g/mol. The summed E-state index contributed by atoms with van der Waals surface area (Å²) in [7, 11) is 0. The Bertz CT molecular complexity index is 176. The van der Waals surface area contributed by atoms with Crippen molar-refractivity contribution < 1.29 is 14.6 Å². The van der Waals surface area contributed by atoms with E-state index in [-0.39, 0.29) is 12.4 Å². The molecule has 1 aliphatic heterocycles. The van der Waals surface area contributed by atoms with Crippen LogP contribution in [0.3, 0.4) is 0 Å². The first-order valence-corrected chi connectivity index (χ1v) is 3.68. The smallest absolute Gasteiger partial charge is 0.332 e. The van der Waals surface area contributed by atoms with Crippen molar-refractivity contribution in [1.82, 2.24) is 0 Å². The number of halogens is 1. The molecule has 2 unspecified atom stereocenters. The van der Waals surface area contributed by atoms with E-state index in [9.17, 15) is 4.79 Å². The minimum absolute atomic E-state index is 0. The second kappa shape index (κ2) is 4.07. The van der Waals surface area contributed by atoms with Gasteiger partial charge in [0, 0.05) is 6.54 Å². The van der Waals surface area contributed by atoms with Crippen LogP contribution in [0.15, 0.2) is 0 Å². The molecule has 0 aromatic carbocycles. The van der Waals surface area contributed by atoms with E-state index in [4.69, 9.17) is 15.6 Å². The third-order valence-electron chi connectivity index (χ3n) is 2.07. The summed E-state index contributed by atoms with van der Waals surface area (Å²) in [5.41, 5.74) is 5.00. The fourth-order valence-electron chi connectivity index (χ4n) is 1.22. The Balaban J connectivity index is 0.00000121. The zero-order valence-electron chi connectivity index (χ0n) is 6.95. The van der Waals surface area contributed by atoms with Crippen molar-refractivity contribution in [1.29, 1.82) is 0 Å². The topological polar surface area (TPSA) is 72.6 Å². The zero-order chi connectivity index (χ0) is 8.48. The summed E-state index contributed by atoms with van der Waals surface area (Å²) >= 11 is 0. The number of hydrogen-bond donors (Lipinski definition) is 2. The third kappa shape index (κ3) is 2.33. The highest BCUT2D eigenvalue weighted by atomic mass is 35.5. The van der Waals surface area contributed by atoms with Crippen LogP contribution in [0, 0.1) is 0 Å². The van der Waals surface area contributed by atoms with Crippen LogP contribution < -0.4 is 5.73 Å². The van der Waals surface area contributed by atoms with Crippen molar-refractivity contribution in [3.8, 4) is 0 Å². The van der Waals surface area contributed by atoms with Crippen LogP contribution in [0.4, 0.5) is 0 Å². The molecule has 3 N–H and O–H groups in total. The predicted octanol–water partition coefficient (Wildman–Crippen LogP) is 0.389. The van der Waals surface area contributed by atoms with E-state index in [0.717, 1.165) is 6.42 Å². The molecule has 12 heavy (non-hydrogen) atoms. The van der Waals surface area contributed by atoms with Crippen LogP contribution in [-0.4, -0.2) is 29.3 Å². The Labute approximate surface area is 77.5 Å². The van der Waals surface area contributed by atoms with E-state index in [1.807, 2.05) is 6.92 Å². The molecule has 1 heterocycles. The largest absolute Gasteiger partial charge is 0.479 e. The highest BCUT2D eigenvalue weighted by Gasteiger charge is 2.38. The van der Waals surface area contributed by atoms with Crippen molar-refractivity contribution in [3.05, 3.63) is 0 Å². The maximum atomic E-state index is 10.4. The summed E-state index contributed by atoms with van der Waals surface area (Å²) in [4.78, 5) is 10.4. The number of carboxylic acids is 1. The standard InChI is InChI=1S/C7H13NO3.ClH/c1-7(4-8)3-2-5(11-7)6(9)10;/h5H,2-4,8H2,1H3,(H,9,10);1H. The molecule has 0 bridgehead atoms. The Morgan fingerprint density at radius 1 is 1.83 bits per heavy atom. The molecule has 0 aromatic heterocycles. The molecule has 0 saturated carbocycles. The normalized spacial score (nSPS) is 34.3. The van der Waals surface area contributed by atoms with Crippen LogP contribution in [0.25, 0.3) is 0 Å². The number of carboxylic acid groups (broad SMARTS) is 1. The average Bonchev–Trinajstić information content (AvgIpc) is 2.33. The van der Waals surface area contributed by atoms with Gasteiger partial charge in [-0.05, 0) is 19.8 Å². The summed E-state index contributed by atoms with van der Waals surface area (Å²) in [5.74, 6) is -0.887. The van der Waals surface area contributed by atoms with Crippen molar-refractivity contribution in [2.75, 3.05) is 6.54 Å². The Kier molecular flexibility index (Phi) is 3.96. The molecule has 72 valence electrons. The summed E-state index contributed by atoms with van der Waals surface area (Å²) < 4.78 is 5.23. The van der Waals surface area contributed by atoms with Gasteiger partial charge in [-0.3, -0.25) is 0 Å². The molecule has 5 heteroatoms. The molecule has 1 rings (SSSR count). The van der Waals surface area contributed by atoms with E-state index >= 15 is 0 Å². The van der Waals surface area contributed by atoms with E-state index in [0.29, 0.717) is 13.0 Å². The van der Waals surface area contributed by atoms with Gasteiger partial charge in [-0.15, -0.1) is 12.4 Å². The number of hydrogen-bond acceptors (Lipinski definition) is 3. The number of carbonyl (C=O) groups is 1. The van der Waals surface area contributed by atoms with Crippen molar-refractivity contribution in [2.45, 2.75) is 31.5 Å². The van der Waals surface area contributed by atoms with Crippen LogP contribution in [0.1, 0.15) is 19.8 Å². The second-order valence-electron chi connectivity index (χ2n) is 3.14. The molecule has 1 saturated heterocycles. The fraction of sp³-hybridized carbons (Fsp3) is 0.857. The first-order chi connectivity index (χ1) is 5.07. The number of nitrogens with two attached hydrogens (primary N) is 1. The molecule has 1 aliphatic rings. The predicted molar refractivity (Wildman–Crippen MR) is 46.5 cm³/mol. The Morgan fingerprint density at radius 3 is 2.67 bits per heavy atom. The number of ether oxygens (including phenoxy) is 1.